The summed E-state index contributed by atoms with van der Waals surface area (Å²) in [5.74, 6) is 0.567. The fourth-order valence-electron chi connectivity index (χ4n) is 4.46. The predicted octanol–water partition coefficient (Wildman–Crippen LogP) is 4.81. The zero-order chi connectivity index (χ0) is 23.6. The number of amides is 2. The topological polar surface area (TPSA) is 49.9 Å². The molecular weight excluding hydrogens is 433 g/mol. The molecule has 2 amide bonds. The highest BCUT2D eigenvalue weighted by Gasteiger charge is 2.33. The van der Waals surface area contributed by atoms with Crippen LogP contribution in [0.25, 0.3) is 0 Å². The Bertz CT molecular complexity index is 1050. The van der Waals surface area contributed by atoms with Crippen molar-refractivity contribution in [2.24, 2.45) is 5.92 Å². The number of benzene rings is 2. The summed E-state index contributed by atoms with van der Waals surface area (Å²) in [6.07, 6.45) is -0.997. The minimum absolute atomic E-state index is 0.0382. The number of nitrogens with zero attached hydrogens (tertiary/aromatic N) is 2. The Morgan fingerprint density at radius 2 is 1.82 bits per heavy atom. The van der Waals surface area contributed by atoms with Crippen LogP contribution in [0, 0.1) is 5.92 Å². The second-order valence-corrected chi connectivity index (χ2v) is 8.36. The van der Waals surface area contributed by atoms with E-state index in [0.29, 0.717) is 44.1 Å². The van der Waals surface area contributed by atoms with Crippen molar-refractivity contribution in [3.8, 4) is 11.5 Å². The normalized spacial score (nSPS) is 18.5. The van der Waals surface area contributed by atoms with E-state index in [1.54, 1.807) is 11.0 Å². The van der Waals surface area contributed by atoms with E-state index in [0.717, 1.165) is 36.1 Å². The summed E-state index contributed by atoms with van der Waals surface area (Å²) >= 11 is 0. The molecule has 2 aromatic rings. The van der Waals surface area contributed by atoms with Crippen LogP contribution in [0.15, 0.2) is 55.1 Å². The SMILES string of the molecule is C=CC(=O)N1CCCC(C(=O)N2CCc3c(cccc3Oc3ccc(C(F)(F)F)cc3)C2)C1. The maximum absolute atomic E-state index is 13.1. The summed E-state index contributed by atoms with van der Waals surface area (Å²) in [5.41, 5.74) is 1.18. The first kappa shape index (κ1) is 22.9. The second kappa shape index (κ2) is 9.29. The molecule has 1 fully saturated rings. The average molecular weight is 458 g/mol. The lowest BCUT2D eigenvalue weighted by molar-refractivity contribution is -0.140. The van der Waals surface area contributed by atoms with Gasteiger partial charge >= 0.3 is 6.18 Å². The van der Waals surface area contributed by atoms with Crippen molar-refractivity contribution < 1.29 is 27.5 Å². The second-order valence-electron chi connectivity index (χ2n) is 8.36. The summed E-state index contributed by atoms with van der Waals surface area (Å²) < 4.78 is 44.3. The Balaban J connectivity index is 1.45. The molecule has 1 unspecified atom stereocenters. The van der Waals surface area contributed by atoms with Gasteiger partial charge in [-0.2, -0.15) is 13.2 Å². The first-order valence-electron chi connectivity index (χ1n) is 10.9. The zero-order valence-corrected chi connectivity index (χ0v) is 18.1. The average Bonchev–Trinajstić information content (AvgIpc) is 2.82. The molecule has 0 N–H and O–H groups in total. The van der Waals surface area contributed by atoms with Gasteiger partial charge in [0, 0.05) is 31.7 Å². The molecule has 0 spiro atoms. The van der Waals surface area contributed by atoms with Gasteiger partial charge in [-0.05, 0) is 61.2 Å². The zero-order valence-electron chi connectivity index (χ0n) is 18.1. The molecule has 4 rings (SSSR count). The lowest BCUT2D eigenvalue weighted by Crippen LogP contribution is -2.47. The summed E-state index contributed by atoms with van der Waals surface area (Å²) in [5, 5.41) is 0. The summed E-state index contributed by atoms with van der Waals surface area (Å²) in [4.78, 5) is 28.6. The number of fused-ring (bicyclic) bond motifs is 1. The monoisotopic (exact) mass is 458 g/mol. The van der Waals surface area contributed by atoms with Gasteiger partial charge in [0.2, 0.25) is 11.8 Å². The third-order valence-electron chi connectivity index (χ3n) is 6.20. The molecule has 2 aromatic carbocycles. The largest absolute Gasteiger partial charge is 0.457 e. The molecule has 0 bridgehead atoms. The highest BCUT2D eigenvalue weighted by atomic mass is 19.4. The molecule has 5 nitrogen and oxygen atoms in total. The lowest BCUT2D eigenvalue weighted by atomic mass is 9.93. The van der Waals surface area contributed by atoms with E-state index in [9.17, 15) is 22.8 Å². The van der Waals surface area contributed by atoms with Crippen LogP contribution in [0.4, 0.5) is 13.2 Å². The van der Waals surface area contributed by atoms with E-state index in [-0.39, 0.29) is 17.7 Å². The predicted molar refractivity (Wildman–Crippen MR) is 117 cm³/mol. The fourth-order valence-corrected chi connectivity index (χ4v) is 4.46. The number of carbonyl (C=O) groups excluding carboxylic acids is 2. The molecule has 0 aliphatic carbocycles. The van der Waals surface area contributed by atoms with Crippen LogP contribution in [0.5, 0.6) is 11.5 Å². The number of hydrogen-bond acceptors (Lipinski definition) is 3. The molecule has 1 atom stereocenters. The quantitative estimate of drug-likeness (QED) is 0.618. The number of halogens is 3. The van der Waals surface area contributed by atoms with Gasteiger partial charge in [0.05, 0.1) is 11.5 Å². The molecule has 0 saturated carbocycles. The van der Waals surface area contributed by atoms with Gasteiger partial charge < -0.3 is 14.5 Å². The fraction of sp³-hybridized carbons (Fsp3) is 0.360. The number of likely N-dealkylation sites (tertiary alicyclic amines) is 1. The summed E-state index contributed by atoms with van der Waals surface area (Å²) in [7, 11) is 0. The Kier molecular flexibility index (Phi) is 6.44. The van der Waals surface area contributed by atoms with Gasteiger partial charge in [-0.1, -0.05) is 18.7 Å². The minimum Gasteiger partial charge on any atom is -0.457 e. The maximum atomic E-state index is 13.1. The van der Waals surface area contributed by atoms with Crippen molar-refractivity contribution in [3.05, 3.63) is 71.8 Å². The van der Waals surface area contributed by atoms with Gasteiger partial charge in [-0.25, -0.2) is 0 Å². The van der Waals surface area contributed by atoms with Crippen molar-refractivity contribution >= 4 is 11.8 Å². The Morgan fingerprint density at radius 1 is 1.06 bits per heavy atom. The van der Waals surface area contributed by atoms with Crippen molar-refractivity contribution in [3.63, 3.8) is 0 Å². The molecule has 2 aliphatic rings. The Labute approximate surface area is 190 Å². The Morgan fingerprint density at radius 3 is 2.52 bits per heavy atom. The molecule has 1 saturated heterocycles. The number of rotatable bonds is 4. The minimum atomic E-state index is -4.39. The molecule has 8 heteroatoms. The van der Waals surface area contributed by atoms with Gasteiger partial charge in [-0.15, -0.1) is 0 Å². The summed E-state index contributed by atoms with van der Waals surface area (Å²) in [6.45, 7) is 5.53. The number of alkyl halides is 3. The van der Waals surface area contributed by atoms with Gasteiger partial charge in [-0.3, -0.25) is 9.59 Å². The molecular formula is C25H25F3N2O3. The van der Waals surface area contributed by atoms with Crippen LogP contribution in [0.3, 0.4) is 0 Å². The van der Waals surface area contributed by atoms with Crippen molar-refractivity contribution in [2.75, 3.05) is 19.6 Å². The number of carbonyl (C=O) groups is 2. The number of piperidine rings is 1. The molecule has 2 heterocycles. The summed E-state index contributed by atoms with van der Waals surface area (Å²) in [6, 6.07) is 10.1. The van der Waals surface area contributed by atoms with Crippen LogP contribution in [-0.2, 0) is 28.7 Å². The molecule has 0 radical (unpaired) electrons. The third kappa shape index (κ3) is 5.05. The van der Waals surface area contributed by atoms with Crippen LogP contribution in [0.1, 0.15) is 29.5 Å². The van der Waals surface area contributed by atoms with E-state index < -0.39 is 11.7 Å². The van der Waals surface area contributed by atoms with Crippen LogP contribution >= 0.6 is 0 Å². The van der Waals surface area contributed by atoms with Crippen molar-refractivity contribution in [2.45, 2.75) is 32.0 Å². The Hall–Kier alpha value is -3.29. The van der Waals surface area contributed by atoms with E-state index in [1.165, 1.54) is 18.2 Å². The first-order chi connectivity index (χ1) is 15.8. The molecule has 174 valence electrons. The lowest BCUT2D eigenvalue weighted by Gasteiger charge is -2.36. The maximum Gasteiger partial charge on any atom is 0.416 e. The number of ether oxygens (including phenoxy) is 1. The van der Waals surface area contributed by atoms with Crippen LogP contribution < -0.4 is 4.74 Å². The van der Waals surface area contributed by atoms with E-state index >= 15 is 0 Å². The highest BCUT2D eigenvalue weighted by molar-refractivity contribution is 5.88. The molecule has 2 aliphatic heterocycles. The smallest absolute Gasteiger partial charge is 0.416 e. The first-order valence-corrected chi connectivity index (χ1v) is 10.9. The standard InChI is InChI=1S/C25H25F3N2O3/c1-2-23(31)29-13-4-6-18(16-29)24(32)30-14-12-21-17(15-30)5-3-7-22(21)33-20-10-8-19(9-11-20)25(26,27)28/h2-3,5,7-11,18H,1,4,6,12-16H2. The highest BCUT2D eigenvalue weighted by Crippen LogP contribution is 2.34. The van der Waals surface area contributed by atoms with Crippen LogP contribution in [-0.4, -0.2) is 41.2 Å². The van der Waals surface area contributed by atoms with E-state index in [1.807, 2.05) is 17.0 Å². The van der Waals surface area contributed by atoms with E-state index in [4.69, 9.17) is 4.74 Å². The molecule has 33 heavy (non-hydrogen) atoms. The third-order valence-corrected chi connectivity index (χ3v) is 6.20. The van der Waals surface area contributed by atoms with Gasteiger partial charge in [0.15, 0.2) is 0 Å². The molecule has 0 aromatic heterocycles. The van der Waals surface area contributed by atoms with Crippen LogP contribution in [0.2, 0.25) is 0 Å². The van der Waals surface area contributed by atoms with Gasteiger partial charge in [0.1, 0.15) is 11.5 Å². The number of hydrogen-bond donors (Lipinski definition) is 0. The van der Waals surface area contributed by atoms with E-state index in [2.05, 4.69) is 6.58 Å². The van der Waals surface area contributed by atoms with Crippen molar-refractivity contribution in [1.82, 2.24) is 9.80 Å². The van der Waals surface area contributed by atoms with Gasteiger partial charge in [0.25, 0.3) is 0 Å². The van der Waals surface area contributed by atoms with Crippen molar-refractivity contribution in [1.29, 1.82) is 0 Å².